The van der Waals surface area contributed by atoms with E-state index in [0.717, 1.165) is 6.04 Å². The zero-order valence-electron chi connectivity index (χ0n) is 15.6. The summed E-state index contributed by atoms with van der Waals surface area (Å²) >= 11 is 0. The fraction of sp³-hybridized carbons (Fsp3) is 1.00. The number of rotatable bonds is 10. The molecule has 0 bridgehead atoms. The van der Waals surface area contributed by atoms with E-state index in [9.17, 15) is 8.42 Å². The van der Waals surface area contributed by atoms with Crippen molar-refractivity contribution in [1.29, 1.82) is 0 Å². The summed E-state index contributed by atoms with van der Waals surface area (Å²) in [6.45, 7) is 7.39. The quantitative estimate of drug-likeness (QED) is 0.450. The largest absolute Gasteiger partial charge is 0.300 e. The van der Waals surface area contributed by atoms with E-state index in [4.69, 9.17) is 4.55 Å². The van der Waals surface area contributed by atoms with E-state index >= 15 is 0 Å². The minimum Gasteiger partial charge on any atom is -0.300 e. The Morgan fingerprint density at radius 2 is 1.48 bits per heavy atom. The van der Waals surface area contributed by atoms with Crippen molar-refractivity contribution in [1.82, 2.24) is 4.90 Å². The lowest BCUT2D eigenvalue weighted by Gasteiger charge is -2.35. The maximum absolute atomic E-state index is 9.19. The van der Waals surface area contributed by atoms with Crippen molar-refractivity contribution >= 4 is 10.1 Å². The van der Waals surface area contributed by atoms with Crippen molar-refractivity contribution in [2.75, 3.05) is 19.3 Å². The van der Waals surface area contributed by atoms with E-state index in [1.54, 1.807) is 0 Å². The van der Waals surface area contributed by atoms with E-state index in [0.29, 0.717) is 6.26 Å². The molecule has 0 saturated carbocycles. The van der Waals surface area contributed by atoms with Gasteiger partial charge in [-0.3, -0.25) is 4.55 Å². The first kappa shape index (κ1) is 22.9. The third-order valence-electron chi connectivity index (χ3n) is 4.52. The maximum atomic E-state index is 9.19. The van der Waals surface area contributed by atoms with Gasteiger partial charge in [0, 0.05) is 6.04 Å². The van der Waals surface area contributed by atoms with Crippen molar-refractivity contribution in [3.05, 3.63) is 0 Å². The second kappa shape index (κ2) is 14.2. The van der Waals surface area contributed by atoms with Gasteiger partial charge in [0.1, 0.15) is 0 Å². The summed E-state index contributed by atoms with van der Waals surface area (Å²) in [4.78, 5) is 2.76. The van der Waals surface area contributed by atoms with Gasteiger partial charge in [-0.2, -0.15) is 8.42 Å². The van der Waals surface area contributed by atoms with Gasteiger partial charge in [0.05, 0.1) is 6.26 Å². The molecule has 1 unspecified atom stereocenters. The number of hydrogen-bond acceptors (Lipinski definition) is 3. The van der Waals surface area contributed by atoms with Crippen LogP contribution in [0.4, 0.5) is 0 Å². The first-order valence-corrected chi connectivity index (χ1v) is 11.4. The zero-order valence-corrected chi connectivity index (χ0v) is 16.4. The van der Waals surface area contributed by atoms with Gasteiger partial charge in [-0.05, 0) is 38.8 Å². The van der Waals surface area contributed by atoms with Gasteiger partial charge < -0.3 is 4.90 Å². The molecule has 1 N–H and O–H groups in total. The number of nitrogens with zero attached hydrogens (tertiary/aromatic N) is 1. The molecule has 0 aliphatic carbocycles. The lowest BCUT2D eigenvalue weighted by molar-refractivity contribution is 0.141. The Morgan fingerprint density at radius 3 is 2.00 bits per heavy atom. The molecule has 0 aromatic carbocycles. The molecular weight excluding hydrogens is 310 g/mol. The molecule has 1 saturated heterocycles. The van der Waals surface area contributed by atoms with Crippen LogP contribution in [0.3, 0.4) is 0 Å². The highest BCUT2D eigenvalue weighted by atomic mass is 32.2. The van der Waals surface area contributed by atoms with Gasteiger partial charge in [-0.25, -0.2) is 0 Å². The average Bonchev–Trinajstić information content (AvgIpc) is 2.48. The Balaban J connectivity index is 0.000000841. The Morgan fingerprint density at radius 1 is 0.957 bits per heavy atom. The number of likely N-dealkylation sites (tertiary alicyclic amines) is 1. The van der Waals surface area contributed by atoms with Crippen molar-refractivity contribution in [3.8, 4) is 0 Å². The normalized spacial score (nSPS) is 19.2. The second-order valence-corrected chi connectivity index (χ2v) is 8.27. The fourth-order valence-electron chi connectivity index (χ4n) is 3.27. The molecule has 4 nitrogen and oxygen atoms in total. The minimum atomic E-state index is -3.67. The predicted molar refractivity (Wildman–Crippen MR) is 99.6 cm³/mol. The average molecular weight is 350 g/mol. The summed E-state index contributed by atoms with van der Waals surface area (Å²) in [6.07, 6.45) is 18.0. The van der Waals surface area contributed by atoms with Crippen LogP contribution in [0.2, 0.25) is 0 Å². The van der Waals surface area contributed by atoms with E-state index < -0.39 is 10.1 Å². The monoisotopic (exact) mass is 349 g/mol. The van der Waals surface area contributed by atoms with E-state index in [1.807, 2.05) is 0 Å². The van der Waals surface area contributed by atoms with Crippen molar-refractivity contribution < 1.29 is 13.0 Å². The van der Waals surface area contributed by atoms with Crippen LogP contribution in [-0.4, -0.2) is 43.3 Å². The number of hydrogen-bond donors (Lipinski definition) is 1. The Kier molecular flexibility index (Phi) is 14.2. The predicted octanol–water partition coefficient (Wildman–Crippen LogP) is 4.90. The standard InChI is InChI=1S/C17H35N.CH4O3S/c1-3-5-6-7-8-9-10-12-15-18-16-13-11-14-17(18)4-2;1-5(2,3)4/h17H,3-16H2,1-2H3;1H3,(H,2,3,4). The molecule has 5 heteroatoms. The van der Waals surface area contributed by atoms with Crippen LogP contribution in [-0.2, 0) is 10.1 Å². The molecule has 0 spiro atoms. The van der Waals surface area contributed by atoms with Crippen LogP contribution in [0.15, 0.2) is 0 Å². The molecule has 0 aromatic heterocycles. The summed E-state index contributed by atoms with van der Waals surface area (Å²) in [5.41, 5.74) is 0. The minimum absolute atomic E-state index is 0.715. The SMILES string of the molecule is CCCCCCCCCCN1CCCCC1CC.CS(=O)(=O)O. The van der Waals surface area contributed by atoms with Gasteiger partial charge in [0.25, 0.3) is 10.1 Å². The molecule has 1 fully saturated rings. The molecular formula is C18H39NO3S. The highest BCUT2D eigenvalue weighted by Gasteiger charge is 2.19. The molecule has 0 radical (unpaired) electrons. The lowest BCUT2D eigenvalue weighted by atomic mass is 9.99. The van der Waals surface area contributed by atoms with Crippen LogP contribution in [0.25, 0.3) is 0 Å². The molecule has 1 rings (SSSR count). The molecule has 140 valence electrons. The van der Waals surface area contributed by atoms with Gasteiger partial charge >= 0.3 is 0 Å². The Hall–Kier alpha value is -0.130. The molecule has 1 atom stereocenters. The number of unbranched alkanes of at least 4 members (excludes halogenated alkanes) is 7. The first-order chi connectivity index (χ1) is 10.9. The molecule has 0 amide bonds. The second-order valence-electron chi connectivity index (χ2n) is 6.80. The van der Waals surface area contributed by atoms with Crippen molar-refractivity contribution in [3.63, 3.8) is 0 Å². The van der Waals surface area contributed by atoms with Crippen LogP contribution in [0.5, 0.6) is 0 Å². The molecule has 1 aliphatic rings. The Labute approximate surface area is 144 Å². The van der Waals surface area contributed by atoms with Gasteiger partial charge in [0.15, 0.2) is 0 Å². The summed E-state index contributed by atoms with van der Waals surface area (Å²) in [7, 11) is -3.67. The van der Waals surface area contributed by atoms with E-state index in [-0.39, 0.29) is 0 Å². The molecule has 1 heterocycles. The zero-order chi connectivity index (χ0) is 17.6. The fourth-order valence-corrected chi connectivity index (χ4v) is 3.27. The Bertz CT molecular complexity index is 349. The van der Waals surface area contributed by atoms with Crippen LogP contribution in [0, 0.1) is 0 Å². The molecule has 23 heavy (non-hydrogen) atoms. The highest BCUT2D eigenvalue weighted by Crippen LogP contribution is 2.20. The third-order valence-corrected chi connectivity index (χ3v) is 4.52. The maximum Gasteiger partial charge on any atom is 0.261 e. The number of piperidine rings is 1. The van der Waals surface area contributed by atoms with Crippen LogP contribution < -0.4 is 0 Å². The summed E-state index contributed by atoms with van der Waals surface area (Å²) < 4.78 is 25.9. The first-order valence-electron chi connectivity index (χ1n) is 9.55. The smallest absolute Gasteiger partial charge is 0.261 e. The molecule has 0 aromatic rings. The van der Waals surface area contributed by atoms with Gasteiger partial charge in [-0.15, -0.1) is 0 Å². The highest BCUT2D eigenvalue weighted by molar-refractivity contribution is 7.85. The summed E-state index contributed by atoms with van der Waals surface area (Å²) in [5.74, 6) is 0. The van der Waals surface area contributed by atoms with Gasteiger partial charge in [0.2, 0.25) is 0 Å². The van der Waals surface area contributed by atoms with Crippen molar-refractivity contribution in [2.24, 2.45) is 0 Å². The lowest BCUT2D eigenvalue weighted by Crippen LogP contribution is -2.39. The van der Waals surface area contributed by atoms with E-state index in [2.05, 4.69) is 18.7 Å². The van der Waals surface area contributed by atoms with E-state index in [1.165, 1.54) is 90.1 Å². The van der Waals surface area contributed by atoms with Crippen LogP contribution in [0.1, 0.15) is 90.9 Å². The van der Waals surface area contributed by atoms with Gasteiger partial charge in [-0.1, -0.05) is 65.2 Å². The summed E-state index contributed by atoms with van der Waals surface area (Å²) in [6, 6.07) is 0.906. The van der Waals surface area contributed by atoms with Crippen molar-refractivity contribution in [2.45, 2.75) is 96.9 Å². The molecule has 1 aliphatic heterocycles. The summed E-state index contributed by atoms with van der Waals surface area (Å²) in [5, 5.41) is 0. The topological polar surface area (TPSA) is 57.6 Å². The van der Waals surface area contributed by atoms with Crippen LogP contribution >= 0.6 is 0 Å². The third kappa shape index (κ3) is 16.5.